The molecule has 1 N–H and O–H groups in total. The minimum atomic E-state index is -0.132. The lowest BCUT2D eigenvalue weighted by Crippen LogP contribution is -2.39. The van der Waals surface area contributed by atoms with Crippen molar-refractivity contribution in [1.82, 2.24) is 5.32 Å². The summed E-state index contributed by atoms with van der Waals surface area (Å²) < 4.78 is 13.2. The zero-order valence-electron chi connectivity index (χ0n) is 12.9. The van der Waals surface area contributed by atoms with Crippen molar-refractivity contribution in [2.24, 2.45) is 5.92 Å². The van der Waals surface area contributed by atoms with Crippen molar-refractivity contribution in [2.75, 3.05) is 13.1 Å². The quantitative estimate of drug-likeness (QED) is 0.772. The maximum Gasteiger partial charge on any atom is 0.123 e. The SMILES string of the molecule is CC(C)CNCC1(c2ccc(F)cc2)CCCCCC1. The van der Waals surface area contributed by atoms with E-state index in [4.69, 9.17) is 0 Å². The fourth-order valence-corrected chi connectivity index (χ4v) is 3.38. The van der Waals surface area contributed by atoms with Gasteiger partial charge in [0.05, 0.1) is 0 Å². The van der Waals surface area contributed by atoms with Crippen LogP contribution in [0, 0.1) is 11.7 Å². The summed E-state index contributed by atoms with van der Waals surface area (Å²) in [6.07, 6.45) is 7.72. The molecule has 1 aliphatic rings. The van der Waals surface area contributed by atoms with E-state index in [1.807, 2.05) is 12.1 Å². The zero-order chi connectivity index (χ0) is 14.4. The maximum atomic E-state index is 13.2. The van der Waals surface area contributed by atoms with Crippen molar-refractivity contribution in [3.63, 3.8) is 0 Å². The molecule has 0 unspecified atom stereocenters. The third-order valence-electron chi connectivity index (χ3n) is 4.53. The lowest BCUT2D eigenvalue weighted by molar-refractivity contribution is 0.339. The molecule has 2 rings (SSSR count). The molecular formula is C18H28FN. The summed E-state index contributed by atoms with van der Waals surface area (Å²) in [6, 6.07) is 7.23. The fourth-order valence-electron chi connectivity index (χ4n) is 3.38. The summed E-state index contributed by atoms with van der Waals surface area (Å²) in [5, 5.41) is 3.64. The highest BCUT2D eigenvalue weighted by atomic mass is 19.1. The van der Waals surface area contributed by atoms with Crippen molar-refractivity contribution >= 4 is 0 Å². The Balaban J connectivity index is 2.15. The van der Waals surface area contributed by atoms with Gasteiger partial charge in [-0.1, -0.05) is 51.7 Å². The molecule has 1 aromatic carbocycles. The summed E-state index contributed by atoms with van der Waals surface area (Å²) in [7, 11) is 0. The number of nitrogens with one attached hydrogen (secondary N) is 1. The molecule has 1 aromatic rings. The third kappa shape index (κ3) is 4.05. The first-order valence-corrected chi connectivity index (χ1v) is 8.09. The molecule has 0 spiro atoms. The number of halogens is 1. The molecule has 0 heterocycles. The molecule has 2 heteroatoms. The van der Waals surface area contributed by atoms with Gasteiger partial charge in [0.1, 0.15) is 5.82 Å². The smallest absolute Gasteiger partial charge is 0.123 e. The number of rotatable bonds is 5. The molecule has 0 aliphatic heterocycles. The van der Waals surface area contributed by atoms with Crippen LogP contribution in [0.3, 0.4) is 0 Å². The van der Waals surface area contributed by atoms with Crippen LogP contribution in [0.1, 0.15) is 57.9 Å². The van der Waals surface area contributed by atoms with E-state index in [1.165, 1.54) is 44.1 Å². The van der Waals surface area contributed by atoms with Crippen LogP contribution in [0.4, 0.5) is 4.39 Å². The topological polar surface area (TPSA) is 12.0 Å². The van der Waals surface area contributed by atoms with E-state index in [2.05, 4.69) is 19.2 Å². The van der Waals surface area contributed by atoms with E-state index in [9.17, 15) is 4.39 Å². The molecule has 0 aromatic heterocycles. The van der Waals surface area contributed by atoms with E-state index in [-0.39, 0.29) is 11.2 Å². The summed E-state index contributed by atoms with van der Waals surface area (Å²) in [5.74, 6) is 0.540. The highest BCUT2D eigenvalue weighted by Gasteiger charge is 2.32. The molecule has 1 aliphatic carbocycles. The highest BCUT2D eigenvalue weighted by molar-refractivity contribution is 5.27. The fraction of sp³-hybridized carbons (Fsp3) is 0.667. The van der Waals surface area contributed by atoms with Crippen LogP contribution in [0.5, 0.6) is 0 Å². The Hall–Kier alpha value is -0.890. The van der Waals surface area contributed by atoms with E-state index >= 15 is 0 Å². The molecule has 0 amide bonds. The molecule has 1 fully saturated rings. The van der Waals surface area contributed by atoms with Crippen LogP contribution in [0.15, 0.2) is 24.3 Å². The Morgan fingerprint density at radius 3 is 2.20 bits per heavy atom. The molecule has 1 nitrogen and oxygen atoms in total. The Bertz CT molecular complexity index is 388. The molecule has 112 valence electrons. The maximum absolute atomic E-state index is 13.2. The van der Waals surface area contributed by atoms with Gasteiger partial charge in [0, 0.05) is 12.0 Å². The van der Waals surface area contributed by atoms with Crippen molar-refractivity contribution in [3.05, 3.63) is 35.6 Å². The Morgan fingerprint density at radius 2 is 1.65 bits per heavy atom. The number of hydrogen-bond donors (Lipinski definition) is 1. The lowest BCUT2D eigenvalue weighted by Gasteiger charge is -2.34. The molecule has 0 saturated heterocycles. The van der Waals surface area contributed by atoms with E-state index in [1.54, 1.807) is 12.1 Å². The van der Waals surface area contributed by atoms with Gasteiger partial charge < -0.3 is 5.32 Å². The first kappa shape index (κ1) is 15.5. The van der Waals surface area contributed by atoms with Crippen LogP contribution >= 0.6 is 0 Å². The first-order valence-electron chi connectivity index (χ1n) is 8.09. The van der Waals surface area contributed by atoms with Gasteiger partial charge in [-0.15, -0.1) is 0 Å². The summed E-state index contributed by atoms with van der Waals surface area (Å²) in [5.41, 5.74) is 1.52. The zero-order valence-corrected chi connectivity index (χ0v) is 12.9. The van der Waals surface area contributed by atoms with Crippen molar-refractivity contribution in [3.8, 4) is 0 Å². The Kier molecular flexibility index (Phi) is 5.59. The van der Waals surface area contributed by atoms with Crippen LogP contribution in [0.2, 0.25) is 0 Å². The minimum absolute atomic E-state index is 0.132. The van der Waals surface area contributed by atoms with Gasteiger partial charge in [-0.25, -0.2) is 4.39 Å². The monoisotopic (exact) mass is 277 g/mol. The summed E-state index contributed by atoms with van der Waals surface area (Å²) in [6.45, 7) is 6.56. The number of benzene rings is 1. The van der Waals surface area contributed by atoms with Crippen LogP contribution in [-0.2, 0) is 5.41 Å². The minimum Gasteiger partial charge on any atom is -0.316 e. The molecule has 0 bridgehead atoms. The van der Waals surface area contributed by atoms with E-state index in [0.29, 0.717) is 5.92 Å². The average molecular weight is 277 g/mol. The van der Waals surface area contributed by atoms with Gasteiger partial charge in [-0.3, -0.25) is 0 Å². The second-order valence-corrected chi connectivity index (χ2v) is 6.73. The van der Waals surface area contributed by atoms with Crippen LogP contribution < -0.4 is 5.32 Å². The van der Waals surface area contributed by atoms with Gasteiger partial charge in [0.15, 0.2) is 0 Å². The standard InChI is InChI=1S/C18H28FN/c1-15(2)13-20-14-18(11-5-3-4-6-12-18)16-7-9-17(19)10-8-16/h7-10,15,20H,3-6,11-14H2,1-2H3. The van der Waals surface area contributed by atoms with Crippen LogP contribution in [-0.4, -0.2) is 13.1 Å². The molecule has 0 atom stereocenters. The molecule has 20 heavy (non-hydrogen) atoms. The van der Waals surface area contributed by atoms with Gasteiger partial charge in [0.25, 0.3) is 0 Å². The Labute approximate surface area is 123 Å². The van der Waals surface area contributed by atoms with Gasteiger partial charge in [0.2, 0.25) is 0 Å². The third-order valence-corrected chi connectivity index (χ3v) is 4.53. The highest BCUT2D eigenvalue weighted by Crippen LogP contribution is 2.38. The van der Waals surface area contributed by atoms with Gasteiger partial charge in [-0.05, 0) is 43.0 Å². The van der Waals surface area contributed by atoms with Crippen molar-refractivity contribution in [2.45, 2.75) is 57.8 Å². The van der Waals surface area contributed by atoms with Gasteiger partial charge >= 0.3 is 0 Å². The second-order valence-electron chi connectivity index (χ2n) is 6.73. The predicted octanol–water partition coefficient (Wildman–Crippen LogP) is 4.66. The Morgan fingerprint density at radius 1 is 1.05 bits per heavy atom. The van der Waals surface area contributed by atoms with Crippen molar-refractivity contribution in [1.29, 1.82) is 0 Å². The lowest BCUT2D eigenvalue weighted by atomic mass is 9.74. The summed E-state index contributed by atoms with van der Waals surface area (Å²) >= 11 is 0. The predicted molar refractivity (Wildman–Crippen MR) is 83.5 cm³/mol. The van der Waals surface area contributed by atoms with E-state index in [0.717, 1.165) is 13.1 Å². The normalized spacial score (nSPS) is 19.0. The van der Waals surface area contributed by atoms with Crippen LogP contribution in [0.25, 0.3) is 0 Å². The molecule has 1 saturated carbocycles. The molecular weight excluding hydrogens is 249 g/mol. The summed E-state index contributed by atoms with van der Waals surface area (Å²) in [4.78, 5) is 0. The van der Waals surface area contributed by atoms with E-state index < -0.39 is 0 Å². The average Bonchev–Trinajstić information content (AvgIpc) is 2.66. The number of hydrogen-bond acceptors (Lipinski definition) is 1. The molecule has 0 radical (unpaired) electrons. The van der Waals surface area contributed by atoms with Crippen molar-refractivity contribution < 1.29 is 4.39 Å². The first-order chi connectivity index (χ1) is 9.62. The second kappa shape index (κ2) is 7.21. The van der Waals surface area contributed by atoms with Gasteiger partial charge in [-0.2, -0.15) is 0 Å². The largest absolute Gasteiger partial charge is 0.316 e.